The predicted octanol–water partition coefficient (Wildman–Crippen LogP) is 0.467. The maximum atomic E-state index is 12.5. The summed E-state index contributed by atoms with van der Waals surface area (Å²) in [4.78, 5) is 23.8. The molecule has 0 spiro atoms. The third-order valence-corrected chi connectivity index (χ3v) is 6.49. The predicted molar refractivity (Wildman–Crippen MR) is 92.8 cm³/mol. The molecule has 2 amide bonds. The number of nitrogens with zero attached hydrogens (tertiary/aromatic N) is 3. The summed E-state index contributed by atoms with van der Waals surface area (Å²) < 4.78 is 32.5. The number of carbonyl (C=O) groups excluding carboxylic acids is 1. The van der Waals surface area contributed by atoms with Crippen molar-refractivity contribution in [3.8, 4) is 6.01 Å². The molecule has 0 aliphatic rings. The second-order valence-corrected chi connectivity index (χ2v) is 9.02. The van der Waals surface area contributed by atoms with Crippen molar-refractivity contribution >= 4 is 41.4 Å². The van der Waals surface area contributed by atoms with Gasteiger partial charge in [-0.25, -0.2) is 0 Å². The Morgan fingerprint density at radius 2 is 1.96 bits per heavy atom. The summed E-state index contributed by atoms with van der Waals surface area (Å²) in [7, 11) is -2.64. The monoisotopic (exact) mass is 431 g/mol. The number of nitrogens with one attached hydrogen (secondary N) is 2. The van der Waals surface area contributed by atoms with Crippen molar-refractivity contribution in [2.75, 3.05) is 12.4 Å². The van der Waals surface area contributed by atoms with Gasteiger partial charge in [0.1, 0.15) is 0 Å². The summed E-state index contributed by atoms with van der Waals surface area (Å²) in [6.45, 7) is 3.56. The van der Waals surface area contributed by atoms with Gasteiger partial charge in [-0.2, -0.15) is 0 Å². The Morgan fingerprint density at radius 1 is 1.24 bits per heavy atom. The first-order valence-electron chi connectivity index (χ1n) is 7.18. The molecule has 0 atom stereocenters. The SMILES string of the molecule is CC[Se]c1ccccc1S(=O)(=O)NC(=O)Nc1nc(C)nc(OC)n1. The number of carbonyl (C=O) groups is 1. The van der Waals surface area contributed by atoms with Crippen molar-refractivity contribution in [3.63, 3.8) is 0 Å². The van der Waals surface area contributed by atoms with Crippen molar-refractivity contribution in [2.24, 2.45) is 0 Å². The van der Waals surface area contributed by atoms with Gasteiger partial charge in [-0.05, 0) is 0 Å². The number of hydrogen-bond acceptors (Lipinski definition) is 7. The van der Waals surface area contributed by atoms with Crippen LogP contribution in [0.1, 0.15) is 12.7 Å². The van der Waals surface area contributed by atoms with Crippen LogP contribution in [0, 0.1) is 6.92 Å². The second-order valence-electron chi connectivity index (χ2n) is 4.63. The van der Waals surface area contributed by atoms with Crippen LogP contribution < -0.4 is 19.2 Å². The van der Waals surface area contributed by atoms with E-state index in [1.54, 1.807) is 25.1 Å². The van der Waals surface area contributed by atoms with E-state index in [0.717, 1.165) is 5.32 Å². The zero-order valence-corrected chi connectivity index (χ0v) is 16.3. The Hall–Kier alpha value is -2.23. The molecule has 1 aromatic heterocycles. The fourth-order valence-corrected chi connectivity index (χ4v) is 5.31. The van der Waals surface area contributed by atoms with Gasteiger partial charge in [-0.3, -0.25) is 0 Å². The van der Waals surface area contributed by atoms with E-state index in [0.29, 0.717) is 10.3 Å². The molecule has 1 aromatic carbocycles. The van der Waals surface area contributed by atoms with Gasteiger partial charge >= 0.3 is 152 Å². The van der Waals surface area contributed by atoms with Crippen molar-refractivity contribution < 1.29 is 17.9 Å². The third-order valence-electron chi connectivity index (χ3n) is 2.80. The van der Waals surface area contributed by atoms with Crippen LogP contribution in [-0.2, 0) is 10.0 Å². The number of amides is 2. The molecule has 0 unspecified atom stereocenters. The number of hydrogen-bond donors (Lipinski definition) is 2. The van der Waals surface area contributed by atoms with Crippen molar-refractivity contribution in [1.29, 1.82) is 0 Å². The zero-order valence-electron chi connectivity index (χ0n) is 13.8. The fourth-order valence-electron chi connectivity index (χ4n) is 1.86. The van der Waals surface area contributed by atoms with Crippen molar-refractivity contribution in [3.05, 3.63) is 30.1 Å². The Morgan fingerprint density at radius 3 is 2.64 bits per heavy atom. The minimum atomic E-state index is -4.01. The Kier molecular flexibility index (Phi) is 6.29. The number of ether oxygens (including phenoxy) is 1. The van der Waals surface area contributed by atoms with Gasteiger partial charge in [0.2, 0.25) is 0 Å². The van der Waals surface area contributed by atoms with Gasteiger partial charge in [-0.15, -0.1) is 0 Å². The molecule has 0 radical (unpaired) electrons. The topological polar surface area (TPSA) is 123 Å². The quantitative estimate of drug-likeness (QED) is 0.639. The van der Waals surface area contributed by atoms with E-state index in [1.807, 2.05) is 11.6 Å². The van der Waals surface area contributed by atoms with Crippen molar-refractivity contribution in [2.45, 2.75) is 24.1 Å². The first-order chi connectivity index (χ1) is 11.9. The van der Waals surface area contributed by atoms with Gasteiger partial charge in [0.15, 0.2) is 0 Å². The maximum absolute atomic E-state index is 12.5. The Balaban J connectivity index is 2.18. The third kappa shape index (κ3) is 5.12. The zero-order chi connectivity index (χ0) is 18.4. The first-order valence-corrected chi connectivity index (χ1v) is 10.7. The number of benzene rings is 1. The van der Waals surface area contributed by atoms with Gasteiger partial charge in [0.05, 0.1) is 0 Å². The molecule has 0 aliphatic carbocycles. The Bertz CT molecular complexity index is 875. The number of anilines is 1. The summed E-state index contributed by atoms with van der Waals surface area (Å²) in [5.41, 5.74) is 0. The average Bonchev–Trinajstić information content (AvgIpc) is 2.54. The van der Waals surface area contributed by atoms with Crippen LogP contribution in [-0.4, -0.2) is 51.5 Å². The average molecular weight is 430 g/mol. The van der Waals surface area contributed by atoms with E-state index in [1.165, 1.54) is 13.2 Å². The molecule has 2 N–H and O–H groups in total. The molecule has 0 bridgehead atoms. The standard InChI is InChI=1S/C14H17N5O4SSe/c1-4-25-11-8-6-5-7-10(11)24(21,22)19-13(20)17-12-15-9(2)16-14(18-12)23-3/h5-8H,4H2,1-3H3,(H2,15,16,17,18,19,20). The molecular weight excluding hydrogens is 413 g/mol. The first kappa shape index (κ1) is 19.1. The van der Waals surface area contributed by atoms with Crippen molar-refractivity contribution in [1.82, 2.24) is 19.7 Å². The Labute approximate surface area is 151 Å². The van der Waals surface area contributed by atoms with Gasteiger partial charge in [0, 0.05) is 0 Å². The molecule has 2 aromatic rings. The van der Waals surface area contributed by atoms with Gasteiger partial charge in [0.25, 0.3) is 0 Å². The van der Waals surface area contributed by atoms with Crippen LogP contribution in [0.15, 0.2) is 29.2 Å². The van der Waals surface area contributed by atoms with E-state index in [9.17, 15) is 13.2 Å². The van der Waals surface area contributed by atoms with E-state index in [-0.39, 0.29) is 31.8 Å². The summed E-state index contributed by atoms with van der Waals surface area (Å²) >= 11 is 0.000504. The normalized spacial score (nSPS) is 11.0. The van der Waals surface area contributed by atoms with Crippen LogP contribution in [0.25, 0.3) is 0 Å². The molecule has 9 nitrogen and oxygen atoms in total. The number of urea groups is 1. The summed E-state index contributed by atoms with van der Waals surface area (Å²) in [6.07, 6.45) is 0. The number of aryl methyl sites for hydroxylation is 1. The van der Waals surface area contributed by atoms with E-state index in [4.69, 9.17) is 4.74 Å². The van der Waals surface area contributed by atoms with Crippen LogP contribution in [0.5, 0.6) is 6.01 Å². The van der Waals surface area contributed by atoms with Crippen LogP contribution >= 0.6 is 0 Å². The minimum absolute atomic E-state index is 0.000504. The molecule has 1 heterocycles. The molecule has 0 aliphatic heterocycles. The summed E-state index contributed by atoms with van der Waals surface area (Å²) in [6, 6.07) is 5.65. The van der Waals surface area contributed by atoms with Gasteiger partial charge < -0.3 is 0 Å². The molecule has 2 rings (SSSR count). The van der Waals surface area contributed by atoms with Crippen LogP contribution in [0.4, 0.5) is 10.7 Å². The van der Waals surface area contributed by atoms with E-state index >= 15 is 0 Å². The molecule has 0 fully saturated rings. The molecule has 0 saturated carbocycles. The summed E-state index contributed by atoms with van der Waals surface area (Å²) in [5.74, 6) is 0.212. The second kappa shape index (κ2) is 8.23. The molecule has 25 heavy (non-hydrogen) atoms. The molecule has 0 saturated heterocycles. The number of aromatic nitrogens is 3. The molecule has 11 heteroatoms. The van der Waals surface area contributed by atoms with Crippen LogP contribution in [0.3, 0.4) is 0 Å². The number of sulfonamides is 1. The van der Waals surface area contributed by atoms with Crippen LogP contribution in [0.2, 0.25) is 5.32 Å². The van der Waals surface area contributed by atoms with E-state index < -0.39 is 16.1 Å². The molecule has 134 valence electrons. The van der Waals surface area contributed by atoms with Gasteiger partial charge in [-0.1, -0.05) is 0 Å². The summed E-state index contributed by atoms with van der Waals surface area (Å²) in [5, 5.41) is 3.11. The fraction of sp³-hybridized carbons (Fsp3) is 0.286. The number of rotatable bonds is 6. The van der Waals surface area contributed by atoms with E-state index in [2.05, 4.69) is 20.3 Å². The molecular formula is C14H17N5O4SSe. The number of methoxy groups -OCH3 is 1.